The molecule has 12 rings (SSSR count). The second kappa shape index (κ2) is 22.8. The van der Waals surface area contributed by atoms with E-state index in [1.165, 1.54) is 23.3 Å². The van der Waals surface area contributed by atoms with E-state index >= 15 is 0 Å². The number of nitro groups is 1. The number of aromatic nitrogens is 3. The molecule has 5 fully saturated rings. The first-order chi connectivity index (χ1) is 40.0. The number of benzene rings is 3. The van der Waals surface area contributed by atoms with Gasteiger partial charge in [-0.15, -0.1) is 0 Å². The van der Waals surface area contributed by atoms with Crippen molar-refractivity contribution in [3.8, 4) is 17.5 Å². The van der Waals surface area contributed by atoms with Crippen LogP contribution in [0.1, 0.15) is 118 Å². The summed E-state index contributed by atoms with van der Waals surface area (Å²) in [5, 5.41) is 26.9. The van der Waals surface area contributed by atoms with Crippen LogP contribution in [-0.2, 0) is 21.3 Å². The molecule has 440 valence electrons. The monoisotopic (exact) mass is 1150 g/mol. The van der Waals surface area contributed by atoms with Gasteiger partial charge in [-0.3, -0.25) is 24.7 Å². The highest BCUT2D eigenvalue weighted by Crippen LogP contribution is 2.54. The number of carbonyl (C=O) groups excluding carboxylic acids is 1. The number of ether oxygens (including phenoxy) is 4. The third kappa shape index (κ3) is 11.4. The number of amides is 1. The van der Waals surface area contributed by atoms with Crippen LogP contribution < -0.4 is 34.0 Å². The van der Waals surface area contributed by atoms with E-state index in [1.54, 1.807) is 20.3 Å². The maximum atomic E-state index is 14.9. The van der Waals surface area contributed by atoms with Crippen molar-refractivity contribution in [2.45, 2.75) is 126 Å². The number of anilines is 4. The molecular formula is C62H76N10O10S. The van der Waals surface area contributed by atoms with Crippen LogP contribution in [0, 0.1) is 21.4 Å². The first kappa shape index (κ1) is 56.4. The summed E-state index contributed by atoms with van der Waals surface area (Å²) in [5.41, 5.74) is 5.85. The first-order valence-corrected chi connectivity index (χ1v) is 30.8. The molecule has 6 aliphatic rings. The Morgan fingerprint density at radius 1 is 0.952 bits per heavy atom. The number of sulfonamides is 1. The number of carbonyl (C=O) groups is 1. The summed E-state index contributed by atoms with van der Waals surface area (Å²) in [5.74, 6) is 1.15. The fourth-order valence-electron chi connectivity index (χ4n) is 14.0. The number of piperazine rings is 1. The first-order valence-electron chi connectivity index (χ1n) is 29.3. The van der Waals surface area contributed by atoms with Crippen LogP contribution in [0.3, 0.4) is 0 Å². The Morgan fingerprint density at radius 2 is 1.75 bits per heavy atom. The molecule has 2 aliphatic carbocycles. The number of nitro benzene ring substituents is 1. The molecule has 20 nitrogen and oxygen atoms in total. The number of hydrogen-bond donors (Lipinski definition) is 4. The summed E-state index contributed by atoms with van der Waals surface area (Å²) in [6.07, 6.45) is 10.8. The van der Waals surface area contributed by atoms with Crippen LogP contribution >= 0.6 is 0 Å². The average molecular weight is 1150 g/mol. The van der Waals surface area contributed by atoms with E-state index in [1.807, 2.05) is 49.6 Å². The van der Waals surface area contributed by atoms with Crippen LogP contribution in [0.4, 0.5) is 28.4 Å². The topological polar surface area (TPSA) is 230 Å². The summed E-state index contributed by atoms with van der Waals surface area (Å²) in [4.78, 5) is 48.7. The van der Waals surface area contributed by atoms with E-state index in [0.29, 0.717) is 85.5 Å². The quantitative estimate of drug-likeness (QED) is 0.0522. The highest BCUT2D eigenvalue weighted by molar-refractivity contribution is 7.90. The second-order valence-electron chi connectivity index (χ2n) is 24.5. The van der Waals surface area contributed by atoms with Crippen LogP contribution in [0.25, 0.3) is 11.0 Å². The third-order valence-corrected chi connectivity index (χ3v) is 20.1. The molecule has 21 heteroatoms. The van der Waals surface area contributed by atoms with Gasteiger partial charge in [0, 0.05) is 94.0 Å². The predicted molar refractivity (Wildman–Crippen MR) is 317 cm³/mol. The van der Waals surface area contributed by atoms with Gasteiger partial charge in [0.15, 0.2) is 5.75 Å². The number of H-pyrrole nitrogens is 1. The fourth-order valence-corrected chi connectivity index (χ4v) is 15.0. The van der Waals surface area contributed by atoms with Gasteiger partial charge >= 0.3 is 0 Å². The number of pyridine rings is 2. The molecule has 0 unspecified atom stereocenters. The molecule has 3 atom stereocenters. The summed E-state index contributed by atoms with van der Waals surface area (Å²) in [7, 11) is -1.40. The van der Waals surface area contributed by atoms with Crippen molar-refractivity contribution < 1.29 is 42.2 Å². The molecule has 7 heterocycles. The average Bonchev–Trinajstić information content (AvgIpc) is 2.93. The normalized spacial score (nSPS) is 23.9. The number of nitrogens with zero attached hydrogens (tertiary/aromatic N) is 7. The molecule has 83 heavy (non-hydrogen) atoms. The Hall–Kier alpha value is -7.04. The lowest BCUT2D eigenvalue weighted by molar-refractivity contribution is -0.384. The van der Waals surface area contributed by atoms with Crippen LogP contribution in [0.2, 0.25) is 0 Å². The molecule has 0 bridgehead atoms. The summed E-state index contributed by atoms with van der Waals surface area (Å²) in [6.45, 7) is 12.7. The van der Waals surface area contributed by atoms with Crippen LogP contribution in [-0.4, -0.2) is 140 Å². The lowest BCUT2D eigenvalue weighted by Crippen LogP contribution is -2.60. The van der Waals surface area contributed by atoms with Gasteiger partial charge in [-0.25, -0.2) is 18.1 Å². The minimum absolute atomic E-state index is 0.105. The van der Waals surface area contributed by atoms with Crippen molar-refractivity contribution in [1.82, 2.24) is 29.5 Å². The van der Waals surface area contributed by atoms with Gasteiger partial charge < -0.3 is 44.2 Å². The number of aliphatic hydroxyl groups is 1. The smallest absolute Gasteiger partial charge is 0.293 e. The summed E-state index contributed by atoms with van der Waals surface area (Å²) >= 11 is 0. The Labute approximate surface area is 485 Å². The molecule has 3 aromatic carbocycles. The molecule has 2 saturated carbocycles. The van der Waals surface area contributed by atoms with Gasteiger partial charge in [-0.2, -0.15) is 4.98 Å². The minimum atomic E-state index is -4.65. The van der Waals surface area contributed by atoms with Gasteiger partial charge in [-0.05, 0) is 147 Å². The number of nitrogens with one attached hydrogen (secondary N) is 3. The second-order valence-corrected chi connectivity index (χ2v) is 26.1. The Kier molecular flexibility index (Phi) is 15.5. The largest absolute Gasteiger partial charge is 0.491 e. The van der Waals surface area contributed by atoms with Crippen LogP contribution in [0.5, 0.6) is 17.5 Å². The molecule has 3 saturated heterocycles. The summed E-state index contributed by atoms with van der Waals surface area (Å²) in [6, 6.07) is 24.5. The molecule has 4 aliphatic heterocycles. The van der Waals surface area contributed by atoms with E-state index in [-0.39, 0.29) is 34.7 Å². The van der Waals surface area contributed by atoms with Gasteiger partial charge in [0.25, 0.3) is 27.5 Å². The highest BCUT2D eigenvalue weighted by Gasteiger charge is 2.50. The van der Waals surface area contributed by atoms with Crippen molar-refractivity contribution >= 4 is 55.4 Å². The number of hydrogen-bond acceptors (Lipinski definition) is 17. The lowest BCUT2D eigenvalue weighted by Gasteiger charge is -2.58. The van der Waals surface area contributed by atoms with E-state index in [2.05, 4.69) is 77.7 Å². The molecule has 3 aromatic heterocycles. The molecular weight excluding hydrogens is 1080 g/mol. The van der Waals surface area contributed by atoms with Crippen molar-refractivity contribution in [2.75, 3.05) is 81.8 Å². The number of fused-ring (bicyclic) bond motifs is 3. The molecule has 1 spiro atoms. The van der Waals surface area contributed by atoms with Crippen molar-refractivity contribution in [2.24, 2.45) is 11.3 Å². The Balaban J connectivity index is 0.796. The van der Waals surface area contributed by atoms with E-state index in [0.717, 1.165) is 100 Å². The summed E-state index contributed by atoms with van der Waals surface area (Å²) < 4.78 is 54.4. The lowest BCUT2D eigenvalue weighted by atomic mass is 9.59. The number of rotatable bonds is 16. The molecule has 4 N–H and O–H groups in total. The maximum Gasteiger partial charge on any atom is 0.293 e. The number of aromatic amines is 1. The minimum Gasteiger partial charge on any atom is -0.491 e. The molecule has 1 amide bonds. The Morgan fingerprint density at radius 3 is 2.51 bits per heavy atom. The highest BCUT2D eigenvalue weighted by atomic mass is 32.2. The maximum absolute atomic E-state index is 14.9. The number of methoxy groups -OCH3 is 2. The predicted octanol–water partition coefficient (Wildman–Crippen LogP) is 9.47. The third-order valence-electron chi connectivity index (χ3n) is 18.7. The fraction of sp³-hybridized carbons (Fsp3) is 0.500. The van der Waals surface area contributed by atoms with E-state index in [4.69, 9.17) is 23.9 Å². The van der Waals surface area contributed by atoms with Gasteiger partial charge in [0.1, 0.15) is 23.1 Å². The van der Waals surface area contributed by atoms with Gasteiger partial charge in [0.05, 0.1) is 53.5 Å². The van der Waals surface area contributed by atoms with Crippen molar-refractivity contribution in [1.29, 1.82) is 0 Å². The van der Waals surface area contributed by atoms with Gasteiger partial charge in [0.2, 0.25) is 5.88 Å². The van der Waals surface area contributed by atoms with Crippen LogP contribution in [0.15, 0.2) is 96.2 Å². The zero-order chi connectivity index (χ0) is 57.8. The molecule has 0 radical (unpaired) electrons. The van der Waals surface area contributed by atoms with E-state index < -0.39 is 43.1 Å². The number of piperidine rings is 1. The zero-order valence-electron chi connectivity index (χ0n) is 48.0. The SMILES string of the molecule is COc1cc(CN2CCN(C3CC4(CCN(c5ccc(C(=O)NS(=O)(=O)c6ccc(NCC7CCC(C)(O)CC7)c([N+](=O)[O-])c6)c(N6c7cc8cc[nH]c8nc7O[C@H]7COCC[C@@H]76)c5)CC4)C3)[C@@H](c3ccccc3C(C)C)C2)cnc1OC. The Bertz CT molecular complexity index is 3500. The zero-order valence-corrected chi connectivity index (χ0v) is 48.8. The van der Waals surface area contributed by atoms with Crippen molar-refractivity contribution in [3.05, 3.63) is 124 Å². The van der Waals surface area contributed by atoms with Gasteiger partial charge in [-0.1, -0.05) is 38.1 Å². The standard InChI is InChI=1S/C62H76N10O10S/c1-39(2)46-8-6-7-9-47(46)54-37-68(36-41-28-55(79-4)60(80-5)65-35-41)25-26-70(54)44-32-62(33-44)20-23-69(24-21-62)43-10-12-48(51(30-43)71-50-17-27-81-38-56(50)82-59-53(71)29-42-16-22-63-57(42)66-59)58(73)67-83(77,78)45-11-13-49(52(31-45)72(75)76)64-34-40-14-18-61(3,74)19-15-40/h6-13,16,22,28-31,35,39-40,44,50,54,56,64,74H,14-15,17-21,23-27,32-34,36-38H2,1-5H3,(H,63,66)(H,67,73)/t40?,50-,54+,56-,61?/m0/s1. The van der Waals surface area contributed by atoms with Crippen molar-refractivity contribution in [3.63, 3.8) is 0 Å². The van der Waals surface area contributed by atoms with E-state index in [9.17, 15) is 28.4 Å². The molecule has 6 aromatic rings.